The largest absolute Gasteiger partial charge is 0.493 e. The normalized spacial score (nSPS) is 10.3. The highest BCUT2D eigenvalue weighted by atomic mass is 79.9. The predicted molar refractivity (Wildman–Crippen MR) is 101 cm³/mol. The molecule has 0 aliphatic heterocycles. The minimum atomic E-state index is -0.610. The molecule has 0 unspecified atom stereocenters. The summed E-state index contributed by atoms with van der Waals surface area (Å²) in [4.78, 5) is 25.6. The van der Waals surface area contributed by atoms with Crippen molar-refractivity contribution in [1.29, 1.82) is 0 Å². The number of amides is 1. The van der Waals surface area contributed by atoms with Crippen LogP contribution in [0, 0.1) is 22.5 Å². The van der Waals surface area contributed by atoms with Gasteiger partial charge in [-0.3, -0.25) is 14.9 Å². The van der Waals surface area contributed by atoms with Crippen molar-refractivity contribution in [3.63, 3.8) is 0 Å². The number of halogens is 1. The molecule has 1 aromatic carbocycles. The Morgan fingerprint density at radius 1 is 1.52 bits per heavy atom. The van der Waals surface area contributed by atoms with E-state index in [9.17, 15) is 14.9 Å². The Hall–Kier alpha value is -3.45. The van der Waals surface area contributed by atoms with Crippen LogP contribution in [-0.2, 0) is 0 Å². The number of hydrogen-bond donors (Lipinski definition) is 1. The molecule has 0 atom stereocenters. The number of pyridine rings is 1. The monoisotopic (exact) mass is 432 g/mol. The van der Waals surface area contributed by atoms with E-state index >= 15 is 0 Å². The molecule has 9 nitrogen and oxygen atoms in total. The van der Waals surface area contributed by atoms with E-state index in [0.29, 0.717) is 21.5 Å². The van der Waals surface area contributed by atoms with Gasteiger partial charge in [-0.2, -0.15) is 5.10 Å². The minimum absolute atomic E-state index is 0.00505. The smallest absolute Gasteiger partial charge is 0.289 e. The average molecular weight is 433 g/mol. The molecule has 1 amide bonds. The van der Waals surface area contributed by atoms with Gasteiger partial charge in [0.1, 0.15) is 18.5 Å². The van der Waals surface area contributed by atoms with E-state index in [1.165, 1.54) is 25.5 Å². The molecule has 27 heavy (non-hydrogen) atoms. The zero-order valence-corrected chi connectivity index (χ0v) is 15.6. The van der Waals surface area contributed by atoms with Crippen LogP contribution in [0.3, 0.4) is 0 Å². The molecule has 1 aromatic heterocycles. The average Bonchev–Trinajstić information content (AvgIpc) is 2.66. The van der Waals surface area contributed by atoms with Crippen LogP contribution < -0.4 is 14.9 Å². The lowest BCUT2D eigenvalue weighted by molar-refractivity contribution is -0.385. The number of carbonyl (C=O) groups excluding carboxylic acids is 1. The van der Waals surface area contributed by atoms with Crippen molar-refractivity contribution in [2.75, 3.05) is 13.7 Å². The fourth-order valence-corrected chi connectivity index (χ4v) is 2.49. The molecule has 1 heterocycles. The van der Waals surface area contributed by atoms with Crippen molar-refractivity contribution >= 4 is 33.7 Å². The molecule has 0 saturated carbocycles. The van der Waals surface area contributed by atoms with E-state index in [1.807, 2.05) is 0 Å². The van der Waals surface area contributed by atoms with Gasteiger partial charge in [-0.25, -0.2) is 10.4 Å². The van der Waals surface area contributed by atoms with Crippen LogP contribution in [-0.4, -0.2) is 35.7 Å². The molecule has 0 aliphatic carbocycles. The van der Waals surface area contributed by atoms with Crippen LogP contribution in [0.25, 0.3) is 0 Å². The van der Waals surface area contributed by atoms with Gasteiger partial charge in [0.15, 0.2) is 11.5 Å². The number of aromatic nitrogens is 1. The Labute approximate surface area is 162 Å². The van der Waals surface area contributed by atoms with Crippen molar-refractivity contribution in [3.8, 4) is 23.8 Å². The van der Waals surface area contributed by atoms with Crippen LogP contribution in [0.15, 0.2) is 40.0 Å². The number of carbonyl (C=O) groups is 1. The lowest BCUT2D eigenvalue weighted by atomic mass is 10.2. The van der Waals surface area contributed by atoms with Crippen molar-refractivity contribution in [1.82, 2.24) is 10.4 Å². The molecular weight excluding hydrogens is 420 g/mol. The summed E-state index contributed by atoms with van der Waals surface area (Å²) in [5.41, 5.74) is 2.69. The molecule has 10 heteroatoms. The van der Waals surface area contributed by atoms with E-state index in [2.05, 4.69) is 37.4 Å². The lowest BCUT2D eigenvalue weighted by Crippen LogP contribution is -2.18. The van der Waals surface area contributed by atoms with E-state index in [1.54, 1.807) is 12.1 Å². The molecule has 2 rings (SSSR count). The van der Waals surface area contributed by atoms with Crippen molar-refractivity contribution in [2.45, 2.75) is 0 Å². The summed E-state index contributed by atoms with van der Waals surface area (Å²) in [5.74, 6) is 2.64. The Balaban J connectivity index is 2.09. The number of terminal acetylenes is 1. The van der Waals surface area contributed by atoms with Gasteiger partial charge in [-0.05, 0) is 39.7 Å². The maximum Gasteiger partial charge on any atom is 0.289 e. The van der Waals surface area contributed by atoms with Gasteiger partial charge >= 0.3 is 0 Å². The molecule has 0 saturated heterocycles. The maximum atomic E-state index is 11.9. The van der Waals surface area contributed by atoms with Crippen LogP contribution >= 0.6 is 15.9 Å². The Bertz CT molecular complexity index is 922. The second-order valence-electron chi connectivity index (χ2n) is 4.88. The Kier molecular flexibility index (Phi) is 6.85. The predicted octanol–water partition coefficient (Wildman–Crippen LogP) is 2.54. The number of rotatable bonds is 7. The van der Waals surface area contributed by atoms with Gasteiger partial charge in [0.05, 0.1) is 22.7 Å². The molecule has 0 spiro atoms. The number of nitrogens with zero attached hydrogens (tertiary/aromatic N) is 3. The molecule has 0 aliphatic rings. The van der Waals surface area contributed by atoms with E-state index in [-0.39, 0.29) is 18.0 Å². The Morgan fingerprint density at radius 2 is 2.30 bits per heavy atom. The van der Waals surface area contributed by atoms with E-state index in [4.69, 9.17) is 15.9 Å². The topological polar surface area (TPSA) is 116 Å². The van der Waals surface area contributed by atoms with Crippen LogP contribution in [0.5, 0.6) is 11.5 Å². The minimum Gasteiger partial charge on any atom is -0.493 e. The second-order valence-corrected chi connectivity index (χ2v) is 5.74. The molecule has 0 radical (unpaired) electrons. The molecule has 138 valence electrons. The third kappa shape index (κ3) is 5.26. The first-order valence-corrected chi connectivity index (χ1v) is 8.13. The van der Waals surface area contributed by atoms with Gasteiger partial charge in [0, 0.05) is 6.07 Å². The number of hydrazone groups is 1. The summed E-state index contributed by atoms with van der Waals surface area (Å²) >= 11 is 3.36. The summed E-state index contributed by atoms with van der Waals surface area (Å²) in [7, 11) is 1.48. The second kappa shape index (κ2) is 9.30. The van der Waals surface area contributed by atoms with Gasteiger partial charge in [-0.1, -0.05) is 5.92 Å². The first-order chi connectivity index (χ1) is 13.0. The molecule has 0 bridgehead atoms. The summed E-state index contributed by atoms with van der Waals surface area (Å²) in [6, 6.07) is 5.77. The molecule has 1 N–H and O–H groups in total. The quantitative estimate of drug-likeness (QED) is 0.311. The van der Waals surface area contributed by atoms with Crippen LogP contribution in [0.4, 0.5) is 5.69 Å². The highest BCUT2D eigenvalue weighted by Crippen LogP contribution is 2.36. The fourth-order valence-electron chi connectivity index (χ4n) is 1.92. The number of benzene rings is 1. The number of nitro groups is 1. The van der Waals surface area contributed by atoms with Crippen molar-refractivity contribution in [2.24, 2.45) is 5.10 Å². The SMILES string of the molecule is C#CCOc1c(Br)cc(C=NNC(=O)c2ccc([N+](=O)[O-])cn2)cc1OC. The van der Waals surface area contributed by atoms with Gasteiger partial charge in [0.25, 0.3) is 11.6 Å². The highest BCUT2D eigenvalue weighted by molar-refractivity contribution is 9.10. The lowest BCUT2D eigenvalue weighted by Gasteiger charge is -2.11. The first-order valence-electron chi connectivity index (χ1n) is 7.34. The summed E-state index contributed by atoms with van der Waals surface area (Å²) in [6.45, 7) is 0.0840. The molecule has 0 fully saturated rings. The summed E-state index contributed by atoms with van der Waals surface area (Å²) in [5, 5.41) is 14.4. The molecular formula is C17H13BrN4O5. The fraction of sp³-hybridized carbons (Fsp3) is 0.118. The number of ether oxygens (including phenoxy) is 2. The number of nitrogens with one attached hydrogen (secondary N) is 1. The number of hydrogen-bond acceptors (Lipinski definition) is 7. The van der Waals surface area contributed by atoms with E-state index in [0.717, 1.165) is 6.20 Å². The third-order valence-electron chi connectivity index (χ3n) is 3.12. The van der Waals surface area contributed by atoms with Crippen molar-refractivity contribution < 1.29 is 19.2 Å². The first kappa shape index (κ1) is 19.9. The van der Waals surface area contributed by atoms with Crippen molar-refractivity contribution in [3.05, 3.63) is 56.3 Å². The maximum absolute atomic E-state index is 11.9. The third-order valence-corrected chi connectivity index (χ3v) is 3.71. The number of methoxy groups -OCH3 is 1. The van der Waals surface area contributed by atoms with Gasteiger partial charge in [0.2, 0.25) is 0 Å². The van der Waals surface area contributed by atoms with E-state index < -0.39 is 10.8 Å². The highest BCUT2D eigenvalue weighted by Gasteiger charge is 2.12. The molecule has 2 aromatic rings. The van der Waals surface area contributed by atoms with Gasteiger partial charge < -0.3 is 9.47 Å². The zero-order chi connectivity index (χ0) is 19.8. The van der Waals surface area contributed by atoms with Gasteiger partial charge in [-0.15, -0.1) is 6.42 Å². The van der Waals surface area contributed by atoms with Crippen LogP contribution in [0.1, 0.15) is 16.1 Å². The van der Waals surface area contributed by atoms with Crippen LogP contribution in [0.2, 0.25) is 0 Å². The standard InChI is InChI=1S/C17H13BrN4O5/c1-3-6-27-16-13(18)7-11(8-15(16)26-2)9-20-21-17(23)14-5-4-12(10-19-14)22(24)25/h1,4-5,7-10H,6H2,2H3,(H,21,23). The summed E-state index contributed by atoms with van der Waals surface area (Å²) in [6.07, 6.45) is 7.57. The summed E-state index contributed by atoms with van der Waals surface area (Å²) < 4.78 is 11.3. The zero-order valence-electron chi connectivity index (χ0n) is 14.0. The Morgan fingerprint density at radius 3 is 2.89 bits per heavy atom.